The van der Waals surface area contributed by atoms with E-state index in [-0.39, 0.29) is 4.82 Å². The molecule has 1 amide bonds. The fourth-order valence-electron chi connectivity index (χ4n) is 0.770. The number of rotatable bonds is 3. The maximum Gasteiger partial charge on any atom is 0.287 e. The molecule has 0 bridgehead atoms. The van der Waals surface area contributed by atoms with Crippen LogP contribution in [0.15, 0.2) is 12.1 Å². The SMILES string of the molecule is O=C(Br)NCCc1ccc(Cl)s1. The Labute approximate surface area is 88.0 Å². The van der Waals surface area contributed by atoms with Crippen molar-refractivity contribution in [3.8, 4) is 0 Å². The Morgan fingerprint density at radius 1 is 1.67 bits per heavy atom. The molecule has 1 aromatic rings. The Bertz CT molecular complexity index is 276. The van der Waals surface area contributed by atoms with Gasteiger partial charge in [0.25, 0.3) is 4.82 Å². The van der Waals surface area contributed by atoms with Crippen LogP contribution in [0.4, 0.5) is 4.79 Å². The van der Waals surface area contributed by atoms with Crippen molar-refractivity contribution in [1.29, 1.82) is 0 Å². The first-order valence-electron chi connectivity index (χ1n) is 3.36. The molecule has 12 heavy (non-hydrogen) atoms. The van der Waals surface area contributed by atoms with Gasteiger partial charge in [-0.3, -0.25) is 4.79 Å². The van der Waals surface area contributed by atoms with Crippen molar-refractivity contribution in [3.05, 3.63) is 21.3 Å². The number of carbonyl (C=O) groups excluding carboxylic acids is 1. The second kappa shape index (κ2) is 4.84. The normalized spacial score (nSPS) is 9.83. The zero-order chi connectivity index (χ0) is 8.97. The topological polar surface area (TPSA) is 29.1 Å². The lowest BCUT2D eigenvalue weighted by molar-refractivity contribution is 0.262. The van der Waals surface area contributed by atoms with Crippen LogP contribution >= 0.6 is 38.9 Å². The van der Waals surface area contributed by atoms with Crippen LogP contribution in [0, 0.1) is 0 Å². The van der Waals surface area contributed by atoms with Gasteiger partial charge in [-0.2, -0.15) is 0 Å². The molecule has 0 aliphatic heterocycles. The largest absolute Gasteiger partial charge is 0.346 e. The average molecular weight is 269 g/mol. The van der Waals surface area contributed by atoms with Gasteiger partial charge in [0.1, 0.15) is 0 Å². The number of amides is 1. The quantitative estimate of drug-likeness (QED) is 0.662. The van der Waals surface area contributed by atoms with Gasteiger partial charge in [0.15, 0.2) is 0 Å². The molecule has 0 spiro atoms. The zero-order valence-corrected chi connectivity index (χ0v) is 9.30. The van der Waals surface area contributed by atoms with E-state index in [0.717, 1.165) is 10.8 Å². The molecule has 66 valence electrons. The van der Waals surface area contributed by atoms with Crippen LogP contribution in [-0.4, -0.2) is 11.4 Å². The lowest BCUT2D eigenvalue weighted by atomic mass is 10.3. The minimum absolute atomic E-state index is 0.176. The highest BCUT2D eigenvalue weighted by molar-refractivity contribution is 9.18. The number of nitrogens with one attached hydrogen (secondary N) is 1. The van der Waals surface area contributed by atoms with Gasteiger partial charge in [0, 0.05) is 27.4 Å². The van der Waals surface area contributed by atoms with Gasteiger partial charge in [-0.15, -0.1) is 11.3 Å². The Morgan fingerprint density at radius 2 is 2.42 bits per heavy atom. The molecular weight excluding hydrogens is 262 g/mol. The molecule has 0 aliphatic carbocycles. The number of carbonyl (C=O) groups is 1. The fraction of sp³-hybridized carbons (Fsp3) is 0.286. The highest BCUT2D eigenvalue weighted by Gasteiger charge is 1.98. The van der Waals surface area contributed by atoms with E-state index >= 15 is 0 Å². The number of halogens is 2. The van der Waals surface area contributed by atoms with Crippen molar-refractivity contribution in [1.82, 2.24) is 5.32 Å². The second-order valence-electron chi connectivity index (χ2n) is 2.16. The molecule has 0 saturated heterocycles. The molecule has 0 aliphatic rings. The predicted octanol–water partition coefficient (Wildman–Crippen LogP) is 3.05. The predicted molar refractivity (Wildman–Crippen MR) is 55.4 cm³/mol. The van der Waals surface area contributed by atoms with Crippen LogP contribution in [0.25, 0.3) is 0 Å². The summed E-state index contributed by atoms with van der Waals surface area (Å²) in [6.07, 6.45) is 0.828. The standard InChI is InChI=1S/C7H7BrClNOS/c8-7(11)10-4-3-5-1-2-6(9)12-5/h1-2H,3-4H2,(H,10,11). The van der Waals surface area contributed by atoms with Gasteiger partial charge >= 0.3 is 0 Å². The first-order valence-corrected chi connectivity index (χ1v) is 5.35. The molecule has 1 aromatic heterocycles. The highest BCUT2D eigenvalue weighted by Crippen LogP contribution is 2.21. The van der Waals surface area contributed by atoms with Crippen molar-refractivity contribution in [2.24, 2.45) is 0 Å². The van der Waals surface area contributed by atoms with Crippen molar-refractivity contribution in [2.75, 3.05) is 6.54 Å². The molecule has 0 aromatic carbocycles. The second-order valence-corrected chi connectivity index (χ2v) is 4.68. The third-order valence-electron chi connectivity index (χ3n) is 1.26. The summed E-state index contributed by atoms with van der Waals surface area (Å²) >= 11 is 10.0. The molecule has 0 saturated carbocycles. The third kappa shape index (κ3) is 3.56. The molecule has 2 nitrogen and oxygen atoms in total. The van der Waals surface area contributed by atoms with Crippen LogP contribution < -0.4 is 5.32 Å². The summed E-state index contributed by atoms with van der Waals surface area (Å²) in [6.45, 7) is 0.640. The summed E-state index contributed by atoms with van der Waals surface area (Å²) in [5, 5.41) is 2.64. The average Bonchev–Trinajstić information content (AvgIpc) is 2.35. The monoisotopic (exact) mass is 267 g/mol. The highest BCUT2D eigenvalue weighted by atomic mass is 79.9. The first kappa shape index (κ1) is 10.0. The van der Waals surface area contributed by atoms with E-state index in [0.29, 0.717) is 6.54 Å². The number of hydrogen-bond donors (Lipinski definition) is 1. The van der Waals surface area contributed by atoms with Crippen LogP contribution in [0.2, 0.25) is 4.34 Å². The summed E-state index contributed by atoms with van der Waals surface area (Å²) < 4.78 is 0.787. The third-order valence-corrected chi connectivity index (χ3v) is 2.84. The summed E-state index contributed by atoms with van der Waals surface area (Å²) in [7, 11) is 0. The molecule has 0 radical (unpaired) electrons. The number of hydrogen-bond acceptors (Lipinski definition) is 2. The van der Waals surface area contributed by atoms with E-state index in [9.17, 15) is 4.79 Å². The van der Waals surface area contributed by atoms with Crippen LogP contribution in [0.3, 0.4) is 0 Å². The fourth-order valence-corrected chi connectivity index (χ4v) is 2.06. The van der Waals surface area contributed by atoms with E-state index in [2.05, 4.69) is 21.2 Å². The van der Waals surface area contributed by atoms with Crippen LogP contribution in [-0.2, 0) is 6.42 Å². The van der Waals surface area contributed by atoms with E-state index < -0.39 is 0 Å². The maximum absolute atomic E-state index is 10.4. The van der Waals surface area contributed by atoms with Gasteiger partial charge < -0.3 is 5.32 Å². The summed E-state index contributed by atoms with van der Waals surface area (Å²) in [5.41, 5.74) is 0. The van der Waals surface area contributed by atoms with E-state index in [1.807, 2.05) is 12.1 Å². The van der Waals surface area contributed by atoms with Gasteiger partial charge in [0.2, 0.25) is 0 Å². The Morgan fingerprint density at radius 3 is 2.92 bits per heavy atom. The molecule has 0 fully saturated rings. The van der Waals surface area contributed by atoms with Crippen molar-refractivity contribution in [2.45, 2.75) is 6.42 Å². The van der Waals surface area contributed by atoms with Crippen molar-refractivity contribution in [3.63, 3.8) is 0 Å². The van der Waals surface area contributed by atoms with E-state index in [4.69, 9.17) is 11.6 Å². The minimum atomic E-state index is -0.176. The summed E-state index contributed by atoms with van der Waals surface area (Å²) in [4.78, 5) is 11.4. The molecule has 0 unspecified atom stereocenters. The summed E-state index contributed by atoms with van der Waals surface area (Å²) in [5.74, 6) is 0. The Kier molecular flexibility index (Phi) is 4.05. The van der Waals surface area contributed by atoms with Gasteiger partial charge in [-0.1, -0.05) is 11.6 Å². The molecule has 1 N–H and O–H groups in total. The smallest absolute Gasteiger partial charge is 0.287 e. The molecular formula is C7H7BrClNOS. The summed E-state index contributed by atoms with van der Waals surface area (Å²) in [6, 6.07) is 3.82. The minimum Gasteiger partial charge on any atom is -0.346 e. The molecule has 5 heteroatoms. The van der Waals surface area contributed by atoms with Gasteiger partial charge in [-0.05, 0) is 18.6 Å². The van der Waals surface area contributed by atoms with Crippen LogP contribution in [0.5, 0.6) is 0 Å². The maximum atomic E-state index is 10.4. The molecule has 1 rings (SSSR count). The van der Waals surface area contributed by atoms with E-state index in [1.54, 1.807) is 0 Å². The molecule has 1 heterocycles. The zero-order valence-electron chi connectivity index (χ0n) is 6.14. The van der Waals surface area contributed by atoms with Crippen molar-refractivity contribution < 1.29 is 4.79 Å². The van der Waals surface area contributed by atoms with Crippen LogP contribution in [0.1, 0.15) is 4.88 Å². The Hall–Kier alpha value is -0.0600. The van der Waals surface area contributed by atoms with Gasteiger partial charge in [0.05, 0.1) is 4.34 Å². The lowest BCUT2D eigenvalue weighted by Crippen LogP contribution is -2.18. The lowest BCUT2D eigenvalue weighted by Gasteiger charge is -1.97. The van der Waals surface area contributed by atoms with Crippen molar-refractivity contribution >= 4 is 43.7 Å². The first-order chi connectivity index (χ1) is 5.68. The van der Waals surface area contributed by atoms with Gasteiger partial charge in [-0.25, -0.2) is 0 Å². The Balaban J connectivity index is 2.29. The van der Waals surface area contributed by atoms with E-state index in [1.165, 1.54) is 16.2 Å². The molecule has 0 atom stereocenters. The number of thiophene rings is 1.